The van der Waals surface area contributed by atoms with Crippen molar-refractivity contribution >= 4 is 5.97 Å². The van der Waals surface area contributed by atoms with Gasteiger partial charge in [-0.15, -0.1) is 0 Å². The van der Waals surface area contributed by atoms with E-state index in [0.717, 1.165) is 18.4 Å². The number of carbonyl (C=O) groups is 1. The van der Waals surface area contributed by atoms with Gasteiger partial charge in [-0.05, 0) is 18.1 Å². The molecule has 0 radical (unpaired) electrons. The summed E-state index contributed by atoms with van der Waals surface area (Å²) in [5.41, 5.74) is 7.24. The summed E-state index contributed by atoms with van der Waals surface area (Å²) in [6, 6.07) is 1.67. The van der Waals surface area contributed by atoms with E-state index in [1.54, 1.807) is 12.3 Å². The van der Waals surface area contributed by atoms with Gasteiger partial charge in [-0.25, -0.2) is 4.79 Å². The SMILES string of the molecule is CCCC(N)c1cncc(C(=O)OC)c1. The predicted molar refractivity (Wildman–Crippen MR) is 57.4 cm³/mol. The molecule has 1 aromatic heterocycles. The van der Waals surface area contributed by atoms with Crippen LogP contribution in [0.4, 0.5) is 0 Å². The highest BCUT2D eigenvalue weighted by Gasteiger charge is 2.10. The molecular weight excluding hydrogens is 192 g/mol. The van der Waals surface area contributed by atoms with E-state index in [9.17, 15) is 4.79 Å². The zero-order valence-electron chi connectivity index (χ0n) is 9.06. The van der Waals surface area contributed by atoms with Crippen LogP contribution in [0.5, 0.6) is 0 Å². The Bertz CT molecular complexity index is 339. The van der Waals surface area contributed by atoms with E-state index in [2.05, 4.69) is 16.6 Å². The summed E-state index contributed by atoms with van der Waals surface area (Å²) in [4.78, 5) is 15.2. The molecule has 1 unspecified atom stereocenters. The van der Waals surface area contributed by atoms with Crippen LogP contribution in [0.2, 0.25) is 0 Å². The number of ether oxygens (including phenoxy) is 1. The molecule has 0 fully saturated rings. The minimum atomic E-state index is -0.381. The Labute approximate surface area is 89.5 Å². The van der Waals surface area contributed by atoms with E-state index in [1.165, 1.54) is 13.3 Å². The average molecular weight is 208 g/mol. The molecule has 4 nitrogen and oxygen atoms in total. The topological polar surface area (TPSA) is 65.2 Å². The van der Waals surface area contributed by atoms with Crippen molar-refractivity contribution in [2.24, 2.45) is 5.73 Å². The lowest BCUT2D eigenvalue weighted by Crippen LogP contribution is -2.11. The number of nitrogens with two attached hydrogens (primary N) is 1. The normalized spacial score (nSPS) is 12.2. The van der Waals surface area contributed by atoms with Gasteiger partial charge >= 0.3 is 5.97 Å². The molecule has 0 spiro atoms. The summed E-state index contributed by atoms with van der Waals surface area (Å²) >= 11 is 0. The molecule has 1 rings (SSSR count). The third-order valence-electron chi connectivity index (χ3n) is 2.21. The van der Waals surface area contributed by atoms with E-state index in [0.29, 0.717) is 5.56 Å². The molecule has 0 amide bonds. The number of rotatable bonds is 4. The number of hydrogen-bond donors (Lipinski definition) is 1. The number of nitrogens with zero attached hydrogens (tertiary/aromatic N) is 1. The lowest BCUT2D eigenvalue weighted by atomic mass is 10.0. The zero-order chi connectivity index (χ0) is 11.3. The minimum Gasteiger partial charge on any atom is -0.465 e. The Balaban J connectivity index is 2.87. The molecule has 82 valence electrons. The van der Waals surface area contributed by atoms with E-state index in [4.69, 9.17) is 5.73 Å². The van der Waals surface area contributed by atoms with Gasteiger partial charge in [-0.1, -0.05) is 13.3 Å². The number of pyridine rings is 1. The fourth-order valence-corrected chi connectivity index (χ4v) is 1.37. The van der Waals surface area contributed by atoms with Crippen molar-refractivity contribution in [3.8, 4) is 0 Å². The molecule has 4 heteroatoms. The van der Waals surface area contributed by atoms with Gasteiger partial charge in [0.1, 0.15) is 0 Å². The first-order valence-electron chi connectivity index (χ1n) is 4.97. The molecule has 1 atom stereocenters. The second-order valence-corrected chi connectivity index (χ2v) is 3.39. The Morgan fingerprint density at radius 1 is 1.60 bits per heavy atom. The van der Waals surface area contributed by atoms with Crippen molar-refractivity contribution in [3.63, 3.8) is 0 Å². The van der Waals surface area contributed by atoms with Crippen LogP contribution in [0.1, 0.15) is 41.7 Å². The van der Waals surface area contributed by atoms with E-state index in [-0.39, 0.29) is 12.0 Å². The summed E-state index contributed by atoms with van der Waals surface area (Å²) in [5.74, 6) is -0.381. The smallest absolute Gasteiger partial charge is 0.339 e. The molecule has 0 aliphatic heterocycles. The largest absolute Gasteiger partial charge is 0.465 e. The summed E-state index contributed by atoms with van der Waals surface area (Å²) < 4.78 is 4.61. The molecule has 0 aliphatic rings. The van der Waals surface area contributed by atoms with Gasteiger partial charge in [0, 0.05) is 18.4 Å². The Kier molecular flexibility index (Phi) is 4.24. The second kappa shape index (κ2) is 5.46. The van der Waals surface area contributed by atoms with E-state index in [1.807, 2.05) is 0 Å². The van der Waals surface area contributed by atoms with Crippen molar-refractivity contribution in [2.45, 2.75) is 25.8 Å². The first-order valence-corrected chi connectivity index (χ1v) is 4.97. The van der Waals surface area contributed by atoms with Crippen LogP contribution in [0, 0.1) is 0 Å². The summed E-state index contributed by atoms with van der Waals surface area (Å²) in [7, 11) is 1.35. The fraction of sp³-hybridized carbons (Fsp3) is 0.455. The highest BCUT2D eigenvalue weighted by atomic mass is 16.5. The van der Waals surface area contributed by atoms with Crippen LogP contribution in [0.3, 0.4) is 0 Å². The van der Waals surface area contributed by atoms with Crippen LogP contribution < -0.4 is 5.73 Å². The maximum Gasteiger partial charge on any atom is 0.339 e. The molecule has 0 bridgehead atoms. The molecule has 15 heavy (non-hydrogen) atoms. The van der Waals surface area contributed by atoms with Gasteiger partial charge in [-0.2, -0.15) is 0 Å². The van der Waals surface area contributed by atoms with Crippen molar-refractivity contribution in [3.05, 3.63) is 29.6 Å². The van der Waals surface area contributed by atoms with Crippen LogP contribution in [-0.2, 0) is 4.74 Å². The van der Waals surface area contributed by atoms with Crippen LogP contribution in [0.25, 0.3) is 0 Å². The van der Waals surface area contributed by atoms with Gasteiger partial charge in [0.05, 0.1) is 12.7 Å². The molecule has 0 saturated heterocycles. The average Bonchev–Trinajstić information content (AvgIpc) is 2.28. The zero-order valence-corrected chi connectivity index (χ0v) is 9.06. The van der Waals surface area contributed by atoms with Gasteiger partial charge in [0.25, 0.3) is 0 Å². The van der Waals surface area contributed by atoms with Crippen molar-refractivity contribution < 1.29 is 9.53 Å². The number of aromatic nitrogens is 1. The van der Waals surface area contributed by atoms with Gasteiger partial charge in [0.15, 0.2) is 0 Å². The monoisotopic (exact) mass is 208 g/mol. The number of esters is 1. The highest BCUT2D eigenvalue weighted by molar-refractivity contribution is 5.89. The van der Waals surface area contributed by atoms with Crippen molar-refractivity contribution in [1.82, 2.24) is 4.98 Å². The van der Waals surface area contributed by atoms with Crippen LogP contribution in [-0.4, -0.2) is 18.1 Å². The quantitative estimate of drug-likeness (QED) is 0.764. The number of methoxy groups -OCH3 is 1. The second-order valence-electron chi connectivity index (χ2n) is 3.39. The van der Waals surface area contributed by atoms with Crippen molar-refractivity contribution in [1.29, 1.82) is 0 Å². The van der Waals surface area contributed by atoms with Gasteiger partial charge < -0.3 is 10.5 Å². The first kappa shape index (κ1) is 11.7. The molecule has 1 aromatic rings. The molecule has 1 heterocycles. The molecule has 0 aliphatic carbocycles. The standard InChI is InChI=1S/C11H16N2O2/c1-3-4-10(12)8-5-9(7-13-6-8)11(14)15-2/h5-7,10H,3-4,12H2,1-2H3. The first-order chi connectivity index (χ1) is 7.19. The van der Waals surface area contributed by atoms with E-state index >= 15 is 0 Å². The predicted octanol–water partition coefficient (Wildman–Crippen LogP) is 1.67. The minimum absolute atomic E-state index is 0.0629. The summed E-state index contributed by atoms with van der Waals surface area (Å²) in [5, 5.41) is 0. The van der Waals surface area contributed by atoms with E-state index < -0.39 is 0 Å². The summed E-state index contributed by atoms with van der Waals surface area (Å²) in [6.07, 6.45) is 5.05. The fourth-order valence-electron chi connectivity index (χ4n) is 1.37. The maximum absolute atomic E-state index is 11.2. The molecular formula is C11H16N2O2. The van der Waals surface area contributed by atoms with Crippen LogP contribution in [0.15, 0.2) is 18.5 Å². The highest BCUT2D eigenvalue weighted by Crippen LogP contribution is 2.15. The van der Waals surface area contributed by atoms with Crippen LogP contribution >= 0.6 is 0 Å². The van der Waals surface area contributed by atoms with Crippen molar-refractivity contribution in [2.75, 3.05) is 7.11 Å². The number of hydrogen-bond acceptors (Lipinski definition) is 4. The molecule has 2 N–H and O–H groups in total. The maximum atomic E-state index is 11.2. The third kappa shape index (κ3) is 3.02. The molecule has 0 saturated carbocycles. The lowest BCUT2D eigenvalue weighted by molar-refractivity contribution is 0.0600. The third-order valence-corrected chi connectivity index (χ3v) is 2.21. The Hall–Kier alpha value is -1.42. The molecule has 0 aromatic carbocycles. The number of carbonyl (C=O) groups excluding carboxylic acids is 1. The lowest BCUT2D eigenvalue weighted by Gasteiger charge is -2.10. The Morgan fingerprint density at radius 2 is 2.33 bits per heavy atom. The van der Waals surface area contributed by atoms with Gasteiger partial charge in [-0.3, -0.25) is 4.98 Å². The summed E-state index contributed by atoms with van der Waals surface area (Å²) in [6.45, 7) is 2.07. The van der Waals surface area contributed by atoms with Gasteiger partial charge in [0.2, 0.25) is 0 Å². The Morgan fingerprint density at radius 3 is 2.93 bits per heavy atom.